The second-order valence-electron chi connectivity index (χ2n) is 8.09. The van der Waals surface area contributed by atoms with Crippen LogP contribution in [0.25, 0.3) is 0 Å². The Bertz CT molecular complexity index is 1160. The Morgan fingerprint density at radius 2 is 1.20 bits per heavy atom. The highest BCUT2D eigenvalue weighted by molar-refractivity contribution is 5.77. The third-order valence-corrected chi connectivity index (χ3v) is 5.72. The highest BCUT2D eigenvalue weighted by atomic mass is 16.1. The van der Waals surface area contributed by atoms with Crippen molar-refractivity contribution in [3.05, 3.63) is 132 Å². The minimum atomic E-state index is -0.0567. The number of amides is 1. The molecule has 0 spiro atoms. The maximum absolute atomic E-state index is 12.7. The minimum Gasteiger partial charge on any atom is -0.345 e. The summed E-state index contributed by atoms with van der Waals surface area (Å²) in [6.45, 7) is 0.780. The van der Waals surface area contributed by atoms with Gasteiger partial charge in [0.2, 0.25) is 5.91 Å². The molecule has 2 heterocycles. The Morgan fingerprint density at radius 3 is 1.71 bits per heavy atom. The summed E-state index contributed by atoms with van der Waals surface area (Å²) in [4.78, 5) is 21.2. The van der Waals surface area contributed by atoms with Crippen LogP contribution in [0.4, 0.5) is 0 Å². The average molecular weight is 461 g/mol. The normalized spacial score (nSPS) is 10.6. The van der Waals surface area contributed by atoms with Gasteiger partial charge in [-0.05, 0) is 34.4 Å². The topological polar surface area (TPSA) is 66.9 Å². The first kappa shape index (κ1) is 23.9. The highest BCUT2D eigenvalue weighted by Gasteiger charge is 2.17. The molecule has 0 aliphatic carbocycles. The summed E-state index contributed by atoms with van der Waals surface area (Å²) in [7, 11) is 0. The van der Waals surface area contributed by atoms with E-state index in [2.05, 4.69) is 56.7 Å². The number of rotatable bonds is 9. The van der Waals surface area contributed by atoms with Crippen LogP contribution >= 0.6 is 0 Å². The summed E-state index contributed by atoms with van der Waals surface area (Å²) in [5, 5.41) is 6.39. The number of aromatic nitrogens is 2. The largest absolute Gasteiger partial charge is 0.345 e. The molecule has 5 nitrogen and oxygen atoms in total. The first-order valence-electron chi connectivity index (χ1n) is 11.7. The zero-order valence-corrected chi connectivity index (χ0v) is 19.5. The van der Waals surface area contributed by atoms with Gasteiger partial charge in [0, 0.05) is 37.1 Å². The summed E-state index contributed by atoms with van der Waals surface area (Å²) >= 11 is 0. The van der Waals surface area contributed by atoms with E-state index in [9.17, 15) is 4.79 Å². The lowest BCUT2D eigenvalue weighted by Crippen LogP contribution is -2.26. The van der Waals surface area contributed by atoms with Crippen LogP contribution in [-0.4, -0.2) is 29.0 Å². The Kier molecular flexibility index (Phi) is 8.75. The number of carbonyl (C=O) groups is 1. The molecule has 0 atom stereocenters. The molecule has 174 valence electrons. The Morgan fingerprint density at radius 1 is 0.686 bits per heavy atom. The standard InChI is InChI=1S/C30H28N4O/c35-29(21-28(24-11-3-1-4-12-24)25-13-5-2-6-14-25)33-19-7-8-20-34-30(26-15-9-17-31-22-26)27-16-10-18-32-23-27/h1-6,9-18,22-23,28,30,34H,19-21H2,(H,33,35). The summed E-state index contributed by atoms with van der Waals surface area (Å²) in [5.41, 5.74) is 4.34. The average Bonchev–Trinajstić information content (AvgIpc) is 2.93. The molecule has 4 rings (SSSR count). The van der Waals surface area contributed by atoms with Crippen LogP contribution in [0, 0.1) is 11.8 Å². The lowest BCUT2D eigenvalue weighted by atomic mass is 9.88. The van der Waals surface area contributed by atoms with Crippen molar-refractivity contribution < 1.29 is 4.79 Å². The van der Waals surface area contributed by atoms with Crippen molar-refractivity contribution in [3.63, 3.8) is 0 Å². The van der Waals surface area contributed by atoms with Gasteiger partial charge < -0.3 is 5.32 Å². The van der Waals surface area contributed by atoms with Crippen molar-refractivity contribution in [1.29, 1.82) is 0 Å². The van der Waals surface area contributed by atoms with Gasteiger partial charge in [0.05, 0.1) is 19.1 Å². The van der Waals surface area contributed by atoms with E-state index >= 15 is 0 Å². The number of hydrogen-bond donors (Lipinski definition) is 2. The maximum atomic E-state index is 12.7. The summed E-state index contributed by atoms with van der Waals surface area (Å²) < 4.78 is 0. The minimum absolute atomic E-state index is 0.00625. The van der Waals surface area contributed by atoms with Gasteiger partial charge in [0.25, 0.3) is 0 Å². The van der Waals surface area contributed by atoms with Crippen LogP contribution in [-0.2, 0) is 4.79 Å². The van der Waals surface area contributed by atoms with Crippen molar-refractivity contribution in [2.24, 2.45) is 0 Å². The van der Waals surface area contributed by atoms with Crippen LogP contribution in [0.1, 0.15) is 40.6 Å². The van der Waals surface area contributed by atoms with E-state index in [4.69, 9.17) is 0 Å². The molecule has 2 aromatic carbocycles. The van der Waals surface area contributed by atoms with E-state index in [1.165, 1.54) is 0 Å². The lowest BCUT2D eigenvalue weighted by molar-refractivity contribution is -0.121. The fraction of sp³-hybridized carbons (Fsp3) is 0.167. The van der Waals surface area contributed by atoms with Gasteiger partial charge in [-0.2, -0.15) is 0 Å². The number of nitrogens with one attached hydrogen (secondary N) is 2. The molecule has 4 aromatic rings. The van der Waals surface area contributed by atoms with Crippen molar-refractivity contribution in [2.75, 3.05) is 13.1 Å². The molecule has 2 N–H and O–H groups in total. The Labute approximate surface area is 206 Å². The van der Waals surface area contributed by atoms with Gasteiger partial charge >= 0.3 is 0 Å². The van der Waals surface area contributed by atoms with E-state index in [1.54, 1.807) is 12.4 Å². The maximum Gasteiger partial charge on any atom is 0.221 e. The first-order chi connectivity index (χ1) is 17.3. The van der Waals surface area contributed by atoms with E-state index in [0.29, 0.717) is 19.5 Å². The second-order valence-corrected chi connectivity index (χ2v) is 8.09. The van der Waals surface area contributed by atoms with Crippen molar-refractivity contribution in [2.45, 2.75) is 18.4 Å². The van der Waals surface area contributed by atoms with Gasteiger partial charge in [-0.3, -0.25) is 20.1 Å². The van der Waals surface area contributed by atoms with E-state index < -0.39 is 0 Å². The van der Waals surface area contributed by atoms with Crippen LogP contribution in [0.2, 0.25) is 0 Å². The number of pyridine rings is 2. The molecule has 0 aliphatic heterocycles. The molecule has 35 heavy (non-hydrogen) atoms. The first-order valence-corrected chi connectivity index (χ1v) is 11.7. The number of benzene rings is 2. The third-order valence-electron chi connectivity index (χ3n) is 5.72. The van der Waals surface area contributed by atoms with Gasteiger partial charge in [-0.15, -0.1) is 0 Å². The fourth-order valence-corrected chi connectivity index (χ4v) is 4.00. The molecular formula is C30H28N4O. The Balaban J connectivity index is 1.31. The van der Waals surface area contributed by atoms with E-state index in [-0.39, 0.29) is 17.9 Å². The summed E-state index contributed by atoms with van der Waals surface area (Å²) in [5.74, 6) is 6.15. The van der Waals surface area contributed by atoms with Gasteiger partial charge in [0.15, 0.2) is 0 Å². The van der Waals surface area contributed by atoms with E-state index in [1.807, 2.05) is 73.1 Å². The molecule has 1 amide bonds. The second kappa shape index (κ2) is 12.8. The quantitative estimate of drug-likeness (QED) is 0.361. The molecule has 0 radical (unpaired) electrons. The molecule has 0 unspecified atom stereocenters. The molecule has 0 aliphatic rings. The monoisotopic (exact) mass is 460 g/mol. The predicted octanol–water partition coefficient (Wildman–Crippen LogP) is 4.50. The van der Waals surface area contributed by atoms with Crippen molar-refractivity contribution in [1.82, 2.24) is 20.6 Å². The zero-order chi connectivity index (χ0) is 24.1. The molecule has 0 saturated carbocycles. The summed E-state index contributed by atoms with van der Waals surface area (Å²) in [6.07, 6.45) is 7.57. The molecule has 2 aromatic heterocycles. The number of nitrogens with zero attached hydrogens (tertiary/aromatic N) is 2. The highest BCUT2D eigenvalue weighted by Crippen LogP contribution is 2.27. The molecular weight excluding hydrogens is 432 g/mol. The van der Waals surface area contributed by atoms with Gasteiger partial charge in [-0.1, -0.05) is 84.6 Å². The number of hydrogen-bond acceptors (Lipinski definition) is 4. The van der Waals surface area contributed by atoms with Crippen molar-refractivity contribution in [3.8, 4) is 11.8 Å². The zero-order valence-electron chi connectivity index (χ0n) is 19.5. The van der Waals surface area contributed by atoms with E-state index in [0.717, 1.165) is 22.3 Å². The molecule has 0 saturated heterocycles. The van der Waals surface area contributed by atoms with Crippen LogP contribution < -0.4 is 10.6 Å². The SMILES string of the molecule is O=C(CC(c1ccccc1)c1ccccc1)NCC#CCNC(c1cccnc1)c1cccnc1. The molecule has 5 heteroatoms. The van der Waals surface area contributed by atoms with Gasteiger partial charge in [-0.25, -0.2) is 0 Å². The number of carbonyl (C=O) groups excluding carboxylic acids is 1. The summed E-state index contributed by atoms with van der Waals surface area (Å²) in [6, 6.07) is 28.1. The van der Waals surface area contributed by atoms with Crippen LogP contribution in [0.15, 0.2) is 110 Å². The van der Waals surface area contributed by atoms with Crippen molar-refractivity contribution >= 4 is 5.91 Å². The van der Waals surface area contributed by atoms with Crippen LogP contribution in [0.3, 0.4) is 0 Å². The third kappa shape index (κ3) is 7.10. The molecule has 0 fully saturated rings. The predicted molar refractivity (Wildman–Crippen MR) is 138 cm³/mol. The smallest absolute Gasteiger partial charge is 0.221 e. The molecule has 0 bridgehead atoms. The van der Waals surface area contributed by atoms with Gasteiger partial charge in [0.1, 0.15) is 0 Å². The fourth-order valence-electron chi connectivity index (χ4n) is 4.00. The Hall–Kier alpha value is -4.27. The van der Waals surface area contributed by atoms with Crippen LogP contribution in [0.5, 0.6) is 0 Å². The lowest BCUT2D eigenvalue weighted by Gasteiger charge is -2.18.